The fraction of sp³-hybridized carbons (Fsp3) is 0.0833. The largest absolute Gasteiger partial charge is 0.497 e. The van der Waals surface area contributed by atoms with Gasteiger partial charge in [0.25, 0.3) is 5.56 Å². The van der Waals surface area contributed by atoms with Gasteiger partial charge >= 0.3 is 0 Å². The van der Waals surface area contributed by atoms with Gasteiger partial charge in [0.2, 0.25) is 0 Å². The highest BCUT2D eigenvalue weighted by Gasteiger charge is 2.07. The zero-order valence-corrected chi connectivity index (χ0v) is 9.73. The van der Waals surface area contributed by atoms with Crippen LogP contribution in [0.25, 0.3) is 11.3 Å². The van der Waals surface area contributed by atoms with E-state index in [1.807, 2.05) is 12.1 Å². The van der Waals surface area contributed by atoms with Crippen molar-refractivity contribution in [2.45, 2.75) is 0 Å². The van der Waals surface area contributed by atoms with Gasteiger partial charge in [0.15, 0.2) is 0 Å². The Kier molecular flexibility index (Phi) is 3.09. The van der Waals surface area contributed by atoms with Crippen molar-refractivity contribution in [3.05, 3.63) is 46.2 Å². The highest BCUT2D eigenvalue weighted by molar-refractivity contribution is 5.95. The lowest BCUT2D eigenvalue weighted by molar-refractivity contribution is 0.415. The molecule has 1 aromatic carbocycles. The van der Waals surface area contributed by atoms with Crippen LogP contribution in [-0.2, 0) is 0 Å². The number of methoxy groups -OCH3 is 1. The van der Waals surface area contributed by atoms with E-state index in [2.05, 4.69) is 10.2 Å². The van der Waals surface area contributed by atoms with Crippen LogP contribution >= 0.6 is 0 Å². The van der Waals surface area contributed by atoms with E-state index in [-0.39, 0.29) is 11.4 Å². The number of benzene rings is 1. The van der Waals surface area contributed by atoms with Gasteiger partial charge in [0.1, 0.15) is 11.6 Å². The van der Waals surface area contributed by atoms with Gasteiger partial charge in [-0.3, -0.25) is 10.2 Å². The number of nitrogens with two attached hydrogens (primary N) is 1. The molecule has 0 bridgehead atoms. The topological polar surface area (TPSA) is 105 Å². The Morgan fingerprint density at radius 1 is 1.39 bits per heavy atom. The summed E-state index contributed by atoms with van der Waals surface area (Å²) in [5, 5.41) is 13.5. The van der Waals surface area contributed by atoms with Crippen LogP contribution in [0.15, 0.2) is 35.1 Å². The Morgan fingerprint density at radius 2 is 2.06 bits per heavy atom. The molecule has 0 spiro atoms. The maximum Gasteiger partial charge on any atom is 0.275 e. The number of aromatic nitrogens is 2. The van der Waals surface area contributed by atoms with E-state index in [4.69, 9.17) is 15.9 Å². The third kappa shape index (κ3) is 2.22. The van der Waals surface area contributed by atoms with Crippen molar-refractivity contribution in [3.8, 4) is 17.0 Å². The van der Waals surface area contributed by atoms with E-state index in [0.29, 0.717) is 5.69 Å². The molecule has 1 heterocycles. The molecule has 1 aromatic heterocycles. The Labute approximate surface area is 103 Å². The zero-order chi connectivity index (χ0) is 13.1. The third-order valence-electron chi connectivity index (χ3n) is 2.48. The van der Waals surface area contributed by atoms with Crippen molar-refractivity contribution in [1.29, 1.82) is 5.41 Å². The number of H-pyrrole nitrogens is 1. The first-order valence-electron chi connectivity index (χ1n) is 5.20. The molecule has 0 aliphatic heterocycles. The first-order valence-corrected chi connectivity index (χ1v) is 5.20. The van der Waals surface area contributed by atoms with Crippen LogP contribution in [0.2, 0.25) is 0 Å². The van der Waals surface area contributed by atoms with Crippen molar-refractivity contribution >= 4 is 5.84 Å². The number of hydrogen-bond acceptors (Lipinski definition) is 4. The minimum Gasteiger partial charge on any atom is -0.497 e. The van der Waals surface area contributed by atoms with E-state index >= 15 is 0 Å². The Bertz CT molecular complexity index is 631. The molecule has 2 rings (SSSR count). The van der Waals surface area contributed by atoms with E-state index in [1.165, 1.54) is 6.07 Å². The first-order chi connectivity index (χ1) is 8.61. The van der Waals surface area contributed by atoms with Crippen molar-refractivity contribution in [2.75, 3.05) is 7.11 Å². The summed E-state index contributed by atoms with van der Waals surface area (Å²) in [6.07, 6.45) is 0. The fourth-order valence-electron chi connectivity index (χ4n) is 1.52. The van der Waals surface area contributed by atoms with Gasteiger partial charge in [-0.05, 0) is 30.3 Å². The number of amidine groups is 1. The fourth-order valence-corrected chi connectivity index (χ4v) is 1.52. The van der Waals surface area contributed by atoms with E-state index in [9.17, 15) is 4.79 Å². The van der Waals surface area contributed by atoms with Crippen LogP contribution in [0.5, 0.6) is 5.75 Å². The lowest BCUT2D eigenvalue weighted by atomic mass is 10.1. The normalized spacial score (nSPS) is 10.1. The van der Waals surface area contributed by atoms with Crippen LogP contribution in [0.3, 0.4) is 0 Å². The van der Waals surface area contributed by atoms with E-state index in [1.54, 1.807) is 19.2 Å². The molecule has 4 N–H and O–H groups in total. The number of nitrogen functional groups attached to an aromatic ring is 1. The molecule has 0 atom stereocenters. The Balaban J connectivity index is 2.47. The molecule has 0 unspecified atom stereocenters. The molecule has 0 aliphatic carbocycles. The average molecular weight is 244 g/mol. The van der Waals surface area contributed by atoms with Gasteiger partial charge < -0.3 is 10.5 Å². The highest BCUT2D eigenvalue weighted by Crippen LogP contribution is 2.19. The first kappa shape index (κ1) is 11.8. The number of ether oxygens (including phenoxy) is 1. The van der Waals surface area contributed by atoms with Gasteiger partial charge in [-0.1, -0.05) is 0 Å². The van der Waals surface area contributed by atoms with Crippen LogP contribution in [0.4, 0.5) is 0 Å². The molecule has 0 radical (unpaired) electrons. The summed E-state index contributed by atoms with van der Waals surface area (Å²) in [5.74, 6) is 0.448. The van der Waals surface area contributed by atoms with Gasteiger partial charge in [-0.15, -0.1) is 0 Å². The average Bonchev–Trinajstić information content (AvgIpc) is 2.39. The summed E-state index contributed by atoms with van der Waals surface area (Å²) < 4.78 is 5.05. The van der Waals surface area contributed by atoms with Gasteiger partial charge in [-0.25, -0.2) is 5.10 Å². The van der Waals surface area contributed by atoms with Gasteiger partial charge in [-0.2, -0.15) is 5.10 Å². The summed E-state index contributed by atoms with van der Waals surface area (Å²) in [6, 6.07) is 8.68. The maximum absolute atomic E-state index is 11.4. The van der Waals surface area contributed by atoms with Crippen molar-refractivity contribution in [3.63, 3.8) is 0 Å². The monoisotopic (exact) mass is 244 g/mol. The quantitative estimate of drug-likeness (QED) is 0.546. The van der Waals surface area contributed by atoms with Gasteiger partial charge in [0, 0.05) is 5.56 Å². The predicted octanol–water partition coefficient (Wildman–Crippen LogP) is 0.730. The van der Waals surface area contributed by atoms with E-state index in [0.717, 1.165) is 11.3 Å². The van der Waals surface area contributed by atoms with Crippen LogP contribution in [-0.4, -0.2) is 23.1 Å². The molecular weight excluding hydrogens is 232 g/mol. The molecule has 0 amide bonds. The number of hydrogen-bond donors (Lipinski definition) is 3. The second kappa shape index (κ2) is 4.70. The minimum atomic E-state index is -0.472. The third-order valence-corrected chi connectivity index (χ3v) is 2.48. The molecule has 92 valence electrons. The van der Waals surface area contributed by atoms with Crippen molar-refractivity contribution < 1.29 is 4.74 Å². The molecule has 18 heavy (non-hydrogen) atoms. The van der Waals surface area contributed by atoms with Crippen molar-refractivity contribution in [2.24, 2.45) is 5.73 Å². The summed E-state index contributed by atoms with van der Waals surface area (Å²) in [7, 11) is 1.58. The second-order valence-corrected chi connectivity index (χ2v) is 3.64. The molecule has 2 aromatic rings. The number of aromatic amines is 1. The molecule has 6 heteroatoms. The van der Waals surface area contributed by atoms with Crippen LogP contribution in [0.1, 0.15) is 5.56 Å². The Morgan fingerprint density at radius 3 is 2.61 bits per heavy atom. The summed E-state index contributed by atoms with van der Waals surface area (Å²) in [5.41, 5.74) is 6.30. The smallest absolute Gasteiger partial charge is 0.275 e. The summed E-state index contributed by atoms with van der Waals surface area (Å²) >= 11 is 0. The highest BCUT2D eigenvalue weighted by atomic mass is 16.5. The number of rotatable bonds is 3. The molecule has 0 saturated carbocycles. The van der Waals surface area contributed by atoms with Crippen LogP contribution < -0.4 is 16.0 Å². The molecule has 0 fully saturated rings. The molecular formula is C12H12N4O2. The number of nitrogens with one attached hydrogen (secondary N) is 2. The zero-order valence-electron chi connectivity index (χ0n) is 9.73. The standard InChI is InChI=1S/C12H12N4O2/c1-18-8-4-2-7(3-5-8)10-6-9(11(13)14)12(17)16-15-10/h2-6H,1H3,(H3,13,14)(H,16,17). The van der Waals surface area contributed by atoms with Crippen LogP contribution in [0, 0.1) is 5.41 Å². The predicted molar refractivity (Wildman–Crippen MR) is 67.9 cm³/mol. The second-order valence-electron chi connectivity index (χ2n) is 3.64. The van der Waals surface area contributed by atoms with Crippen molar-refractivity contribution in [1.82, 2.24) is 10.2 Å². The van der Waals surface area contributed by atoms with E-state index < -0.39 is 5.56 Å². The lowest BCUT2D eigenvalue weighted by Gasteiger charge is -2.04. The minimum absolute atomic E-state index is 0.107. The van der Waals surface area contributed by atoms with Gasteiger partial charge in [0.05, 0.1) is 18.4 Å². The maximum atomic E-state index is 11.4. The summed E-state index contributed by atoms with van der Waals surface area (Å²) in [6.45, 7) is 0. The molecule has 6 nitrogen and oxygen atoms in total. The molecule has 0 aliphatic rings. The number of nitrogens with zero attached hydrogens (tertiary/aromatic N) is 1. The SMILES string of the molecule is COc1ccc(-c2cc(C(=N)N)c(=O)[nH]n2)cc1. The molecule has 0 saturated heterocycles. The Hall–Kier alpha value is -2.63. The lowest BCUT2D eigenvalue weighted by Crippen LogP contribution is -2.24. The summed E-state index contributed by atoms with van der Waals surface area (Å²) in [4.78, 5) is 11.4.